The Morgan fingerprint density at radius 2 is 1.83 bits per heavy atom. The highest BCUT2D eigenvalue weighted by Gasteiger charge is 2.12. The van der Waals surface area contributed by atoms with Crippen LogP contribution in [0.4, 0.5) is 0 Å². The van der Waals surface area contributed by atoms with Gasteiger partial charge in [0.1, 0.15) is 0 Å². The van der Waals surface area contributed by atoms with Gasteiger partial charge in [0.25, 0.3) is 0 Å². The molecule has 0 bridgehead atoms. The van der Waals surface area contributed by atoms with Gasteiger partial charge >= 0.3 is 0 Å². The van der Waals surface area contributed by atoms with Crippen LogP contribution in [0.15, 0.2) is 4.99 Å². The molecule has 0 aromatic carbocycles. The molecule has 0 spiro atoms. The lowest BCUT2D eigenvalue weighted by Gasteiger charge is -2.21. The van der Waals surface area contributed by atoms with Gasteiger partial charge < -0.3 is 15.4 Å². The first-order valence-electron chi connectivity index (χ1n) is 9.36. The zero-order valence-corrected chi connectivity index (χ0v) is 17.7. The van der Waals surface area contributed by atoms with E-state index in [-0.39, 0.29) is 24.0 Å². The maximum atomic E-state index is 5.96. The standard InChI is InChI=1S/C18H37N3O.HI/c1-4-19-18(21-15-16(2)3)20-13-9-6-10-14-22-17-11-7-5-8-12-17;/h16-17H,4-15H2,1-3H3,(H2,19,20,21);1H. The first-order valence-corrected chi connectivity index (χ1v) is 9.36. The second-order valence-corrected chi connectivity index (χ2v) is 6.73. The maximum absolute atomic E-state index is 5.96. The molecule has 0 aliphatic heterocycles. The van der Waals surface area contributed by atoms with Gasteiger partial charge in [-0.3, -0.25) is 4.99 Å². The molecule has 138 valence electrons. The maximum Gasteiger partial charge on any atom is 0.191 e. The van der Waals surface area contributed by atoms with Crippen molar-refractivity contribution in [2.75, 3.05) is 26.2 Å². The van der Waals surface area contributed by atoms with E-state index in [9.17, 15) is 0 Å². The van der Waals surface area contributed by atoms with Gasteiger partial charge in [-0.1, -0.05) is 33.1 Å². The van der Waals surface area contributed by atoms with Crippen LogP contribution in [-0.4, -0.2) is 38.3 Å². The normalized spacial score (nSPS) is 16.3. The molecule has 0 amide bonds. The van der Waals surface area contributed by atoms with Gasteiger partial charge in [0.15, 0.2) is 5.96 Å². The fraction of sp³-hybridized carbons (Fsp3) is 0.944. The van der Waals surface area contributed by atoms with Crippen molar-refractivity contribution in [2.45, 2.75) is 78.2 Å². The molecular formula is C18H38IN3O. The van der Waals surface area contributed by atoms with Crippen LogP contribution >= 0.6 is 24.0 Å². The third-order valence-corrected chi connectivity index (χ3v) is 3.98. The predicted molar refractivity (Wildman–Crippen MR) is 111 cm³/mol. The van der Waals surface area contributed by atoms with Gasteiger partial charge in [0.05, 0.1) is 6.10 Å². The Morgan fingerprint density at radius 1 is 1.09 bits per heavy atom. The summed E-state index contributed by atoms with van der Waals surface area (Å²) < 4.78 is 5.96. The number of aliphatic imine (C=N–C) groups is 1. The van der Waals surface area contributed by atoms with E-state index in [1.54, 1.807) is 0 Å². The lowest BCUT2D eigenvalue weighted by atomic mass is 9.98. The summed E-state index contributed by atoms with van der Waals surface area (Å²) in [6, 6.07) is 0. The van der Waals surface area contributed by atoms with Crippen molar-refractivity contribution in [1.82, 2.24) is 10.6 Å². The Bertz CT molecular complexity index is 292. The molecule has 0 aromatic rings. The lowest BCUT2D eigenvalue weighted by Crippen LogP contribution is -2.38. The van der Waals surface area contributed by atoms with Crippen molar-refractivity contribution in [2.24, 2.45) is 10.9 Å². The van der Waals surface area contributed by atoms with E-state index >= 15 is 0 Å². The second-order valence-electron chi connectivity index (χ2n) is 6.73. The number of guanidine groups is 1. The number of hydrogen-bond donors (Lipinski definition) is 2. The number of rotatable bonds is 10. The van der Waals surface area contributed by atoms with Crippen molar-refractivity contribution < 1.29 is 4.74 Å². The number of halogens is 1. The fourth-order valence-electron chi connectivity index (χ4n) is 2.71. The molecule has 23 heavy (non-hydrogen) atoms. The minimum atomic E-state index is 0. The monoisotopic (exact) mass is 439 g/mol. The molecule has 1 aliphatic carbocycles. The molecule has 5 heteroatoms. The molecule has 0 unspecified atom stereocenters. The number of nitrogens with zero attached hydrogens (tertiary/aromatic N) is 1. The summed E-state index contributed by atoms with van der Waals surface area (Å²) in [7, 11) is 0. The predicted octanol–water partition coefficient (Wildman–Crippen LogP) is 4.34. The molecule has 0 atom stereocenters. The van der Waals surface area contributed by atoms with Gasteiger partial charge in [0.2, 0.25) is 0 Å². The Hall–Kier alpha value is -0.0400. The summed E-state index contributed by atoms with van der Waals surface area (Å²) in [5.41, 5.74) is 0. The average molecular weight is 439 g/mol. The smallest absolute Gasteiger partial charge is 0.191 e. The van der Waals surface area contributed by atoms with E-state index < -0.39 is 0 Å². The van der Waals surface area contributed by atoms with Gasteiger partial charge in [-0.05, 0) is 44.9 Å². The molecule has 1 saturated carbocycles. The first-order chi connectivity index (χ1) is 10.7. The van der Waals surface area contributed by atoms with Crippen LogP contribution in [0.5, 0.6) is 0 Å². The number of hydrogen-bond acceptors (Lipinski definition) is 2. The van der Waals surface area contributed by atoms with Crippen molar-refractivity contribution in [3.63, 3.8) is 0 Å². The minimum absolute atomic E-state index is 0. The van der Waals surface area contributed by atoms with Crippen molar-refractivity contribution in [3.8, 4) is 0 Å². The Labute approximate surface area is 160 Å². The molecule has 4 nitrogen and oxygen atoms in total. The van der Waals surface area contributed by atoms with Crippen LogP contribution in [0.2, 0.25) is 0 Å². The quantitative estimate of drug-likeness (QED) is 0.231. The van der Waals surface area contributed by atoms with Gasteiger partial charge in [0, 0.05) is 26.2 Å². The van der Waals surface area contributed by atoms with Crippen molar-refractivity contribution in [1.29, 1.82) is 0 Å². The molecule has 1 rings (SSSR count). The van der Waals surface area contributed by atoms with Crippen LogP contribution < -0.4 is 10.6 Å². The Balaban J connectivity index is 0.00000484. The molecule has 1 aliphatic rings. The molecule has 2 N–H and O–H groups in total. The lowest BCUT2D eigenvalue weighted by molar-refractivity contribution is 0.0264. The third-order valence-electron chi connectivity index (χ3n) is 3.98. The summed E-state index contributed by atoms with van der Waals surface area (Å²) in [6.07, 6.45) is 10.8. The van der Waals surface area contributed by atoms with Gasteiger partial charge in [-0.15, -0.1) is 24.0 Å². The molecule has 1 fully saturated rings. The topological polar surface area (TPSA) is 45.7 Å². The van der Waals surface area contributed by atoms with E-state index in [1.165, 1.54) is 51.4 Å². The summed E-state index contributed by atoms with van der Waals surface area (Å²) in [4.78, 5) is 4.58. The van der Waals surface area contributed by atoms with Crippen LogP contribution in [0.3, 0.4) is 0 Å². The fourth-order valence-corrected chi connectivity index (χ4v) is 2.71. The van der Waals surface area contributed by atoms with Gasteiger partial charge in [-0.2, -0.15) is 0 Å². The van der Waals surface area contributed by atoms with E-state index in [1.807, 2.05) is 0 Å². The number of nitrogens with one attached hydrogen (secondary N) is 2. The highest BCUT2D eigenvalue weighted by Crippen LogP contribution is 2.20. The molecule has 0 saturated heterocycles. The van der Waals surface area contributed by atoms with Crippen molar-refractivity contribution in [3.05, 3.63) is 0 Å². The summed E-state index contributed by atoms with van der Waals surface area (Å²) in [6.45, 7) is 10.2. The zero-order chi connectivity index (χ0) is 16.0. The highest BCUT2D eigenvalue weighted by atomic mass is 127. The Kier molecular flexibility index (Phi) is 15.5. The largest absolute Gasteiger partial charge is 0.378 e. The minimum Gasteiger partial charge on any atom is -0.378 e. The van der Waals surface area contributed by atoms with E-state index in [4.69, 9.17) is 4.74 Å². The van der Waals surface area contributed by atoms with Gasteiger partial charge in [-0.25, -0.2) is 0 Å². The summed E-state index contributed by atoms with van der Waals surface area (Å²) in [5.74, 6) is 1.56. The molecule has 0 heterocycles. The molecule has 0 aromatic heterocycles. The number of unbranched alkanes of at least 4 members (excludes halogenated alkanes) is 2. The molecule has 0 radical (unpaired) electrons. The third kappa shape index (κ3) is 13.0. The van der Waals surface area contributed by atoms with E-state index in [2.05, 4.69) is 36.4 Å². The first kappa shape index (κ1) is 23.0. The summed E-state index contributed by atoms with van der Waals surface area (Å²) in [5, 5.41) is 6.71. The zero-order valence-electron chi connectivity index (χ0n) is 15.4. The second kappa shape index (κ2) is 15.5. The molecular weight excluding hydrogens is 401 g/mol. The summed E-state index contributed by atoms with van der Waals surface area (Å²) >= 11 is 0. The number of ether oxygens (including phenoxy) is 1. The van der Waals surface area contributed by atoms with Crippen LogP contribution in [-0.2, 0) is 4.74 Å². The van der Waals surface area contributed by atoms with E-state index in [0.717, 1.165) is 32.2 Å². The van der Waals surface area contributed by atoms with Crippen LogP contribution in [0, 0.1) is 5.92 Å². The van der Waals surface area contributed by atoms with Crippen molar-refractivity contribution >= 4 is 29.9 Å². The average Bonchev–Trinajstić information content (AvgIpc) is 2.52. The van der Waals surface area contributed by atoms with Crippen LogP contribution in [0.1, 0.15) is 72.1 Å². The van der Waals surface area contributed by atoms with Crippen LogP contribution in [0.25, 0.3) is 0 Å². The Morgan fingerprint density at radius 3 is 2.48 bits per heavy atom. The highest BCUT2D eigenvalue weighted by molar-refractivity contribution is 14.0. The van der Waals surface area contributed by atoms with E-state index in [0.29, 0.717) is 12.0 Å². The SMILES string of the molecule is CCNC(=NCC(C)C)NCCCCCOC1CCCCC1.I.